The smallest absolute Gasteiger partial charge is 0.314 e. The Labute approximate surface area is 98.0 Å². The minimum atomic E-state index is -0.801. The topological polar surface area (TPSA) is 76.5 Å². The maximum atomic E-state index is 11.4. The summed E-state index contributed by atoms with van der Waals surface area (Å²) >= 11 is 0. The Bertz CT molecular complexity index is 581. The molecule has 1 aromatic carbocycles. The molecular formula is C13H13NO3. The van der Waals surface area contributed by atoms with E-state index in [1.165, 1.54) is 0 Å². The standard InChI is InChI=1S/C13H13NO3/c14-10-6-13(7-10,12(15)16)9-1-2-11-8(5-9)3-4-17-11/h1-5,10H,6-7,14H2,(H,15,16). The first-order chi connectivity index (χ1) is 8.12. The summed E-state index contributed by atoms with van der Waals surface area (Å²) in [5.74, 6) is -0.790. The summed E-state index contributed by atoms with van der Waals surface area (Å²) in [4.78, 5) is 11.4. The van der Waals surface area contributed by atoms with Gasteiger partial charge in [0.1, 0.15) is 5.58 Å². The number of hydrogen-bond acceptors (Lipinski definition) is 3. The van der Waals surface area contributed by atoms with Gasteiger partial charge in [0, 0.05) is 11.4 Å². The van der Waals surface area contributed by atoms with Crippen LogP contribution in [0.2, 0.25) is 0 Å². The molecule has 1 fully saturated rings. The molecule has 3 rings (SSSR count). The molecule has 0 unspecified atom stereocenters. The van der Waals surface area contributed by atoms with Gasteiger partial charge in [-0.3, -0.25) is 4.79 Å². The van der Waals surface area contributed by atoms with Gasteiger partial charge in [0.05, 0.1) is 11.7 Å². The van der Waals surface area contributed by atoms with E-state index in [4.69, 9.17) is 10.2 Å². The number of rotatable bonds is 2. The van der Waals surface area contributed by atoms with Crippen molar-refractivity contribution in [2.24, 2.45) is 5.73 Å². The highest BCUT2D eigenvalue weighted by atomic mass is 16.4. The molecule has 1 aliphatic rings. The quantitative estimate of drug-likeness (QED) is 0.827. The van der Waals surface area contributed by atoms with Crippen molar-refractivity contribution in [1.29, 1.82) is 0 Å². The molecule has 0 aliphatic heterocycles. The SMILES string of the molecule is NC1CC(C(=O)O)(c2ccc3occc3c2)C1. The fraction of sp³-hybridized carbons (Fsp3) is 0.308. The van der Waals surface area contributed by atoms with Gasteiger partial charge in [0.15, 0.2) is 0 Å². The fourth-order valence-electron chi connectivity index (χ4n) is 2.63. The Morgan fingerprint density at radius 2 is 2.18 bits per heavy atom. The van der Waals surface area contributed by atoms with Gasteiger partial charge < -0.3 is 15.3 Å². The van der Waals surface area contributed by atoms with Gasteiger partial charge in [0.25, 0.3) is 0 Å². The van der Waals surface area contributed by atoms with Crippen LogP contribution in [0.3, 0.4) is 0 Å². The van der Waals surface area contributed by atoms with E-state index >= 15 is 0 Å². The lowest BCUT2D eigenvalue weighted by molar-refractivity contribution is -0.148. The van der Waals surface area contributed by atoms with E-state index in [2.05, 4.69) is 0 Å². The van der Waals surface area contributed by atoms with E-state index in [-0.39, 0.29) is 6.04 Å². The van der Waals surface area contributed by atoms with Gasteiger partial charge in [-0.25, -0.2) is 0 Å². The van der Waals surface area contributed by atoms with Crippen LogP contribution in [-0.2, 0) is 10.2 Å². The van der Waals surface area contributed by atoms with Crippen LogP contribution in [0.15, 0.2) is 34.9 Å². The van der Waals surface area contributed by atoms with E-state index in [1.54, 1.807) is 6.26 Å². The Balaban J connectivity index is 2.09. The molecule has 0 spiro atoms. The predicted octanol–water partition coefficient (Wildman–Crippen LogP) is 1.88. The summed E-state index contributed by atoms with van der Waals surface area (Å²) in [6, 6.07) is 7.36. The molecule has 4 heteroatoms. The number of nitrogens with two attached hydrogens (primary N) is 1. The summed E-state index contributed by atoms with van der Waals surface area (Å²) in [6.45, 7) is 0. The Kier molecular flexibility index (Phi) is 2.03. The zero-order chi connectivity index (χ0) is 12.0. The number of benzene rings is 1. The van der Waals surface area contributed by atoms with E-state index in [0.29, 0.717) is 12.8 Å². The molecule has 1 heterocycles. The van der Waals surface area contributed by atoms with Crippen molar-refractivity contribution in [3.05, 3.63) is 36.1 Å². The molecule has 0 radical (unpaired) electrons. The molecule has 0 bridgehead atoms. The van der Waals surface area contributed by atoms with Crippen LogP contribution in [0, 0.1) is 0 Å². The fourth-order valence-corrected chi connectivity index (χ4v) is 2.63. The van der Waals surface area contributed by atoms with Crippen molar-refractivity contribution in [3.63, 3.8) is 0 Å². The molecular weight excluding hydrogens is 218 g/mol. The lowest BCUT2D eigenvalue weighted by atomic mass is 9.62. The molecule has 2 aromatic rings. The third kappa shape index (κ3) is 1.37. The number of hydrogen-bond donors (Lipinski definition) is 2. The molecule has 0 amide bonds. The van der Waals surface area contributed by atoms with Crippen molar-refractivity contribution < 1.29 is 14.3 Å². The number of aliphatic carboxylic acids is 1. The molecule has 4 nitrogen and oxygen atoms in total. The zero-order valence-electron chi connectivity index (χ0n) is 9.22. The van der Waals surface area contributed by atoms with E-state index < -0.39 is 11.4 Å². The van der Waals surface area contributed by atoms with E-state index in [1.807, 2.05) is 24.3 Å². The average Bonchev–Trinajstić information content (AvgIpc) is 2.70. The maximum Gasteiger partial charge on any atom is 0.314 e. The van der Waals surface area contributed by atoms with Gasteiger partial charge in [-0.2, -0.15) is 0 Å². The van der Waals surface area contributed by atoms with Crippen molar-refractivity contribution >= 4 is 16.9 Å². The minimum absolute atomic E-state index is 0.00820. The third-order valence-electron chi connectivity index (χ3n) is 3.64. The first-order valence-corrected chi connectivity index (χ1v) is 5.58. The van der Waals surface area contributed by atoms with Crippen LogP contribution in [0.25, 0.3) is 11.0 Å². The Morgan fingerprint density at radius 1 is 1.41 bits per heavy atom. The number of fused-ring (bicyclic) bond motifs is 1. The highest BCUT2D eigenvalue weighted by Crippen LogP contribution is 2.44. The molecule has 17 heavy (non-hydrogen) atoms. The summed E-state index contributed by atoms with van der Waals surface area (Å²) in [5.41, 5.74) is 6.54. The molecule has 1 saturated carbocycles. The summed E-state index contributed by atoms with van der Waals surface area (Å²) in [7, 11) is 0. The first kappa shape index (κ1) is 10.4. The summed E-state index contributed by atoms with van der Waals surface area (Å²) < 4.78 is 5.25. The maximum absolute atomic E-state index is 11.4. The molecule has 0 atom stereocenters. The van der Waals surface area contributed by atoms with Crippen molar-refractivity contribution in [3.8, 4) is 0 Å². The zero-order valence-corrected chi connectivity index (χ0v) is 9.22. The van der Waals surface area contributed by atoms with Crippen LogP contribution in [0.1, 0.15) is 18.4 Å². The minimum Gasteiger partial charge on any atom is -0.481 e. The van der Waals surface area contributed by atoms with Gasteiger partial charge in [-0.15, -0.1) is 0 Å². The van der Waals surface area contributed by atoms with Crippen molar-refractivity contribution in [2.75, 3.05) is 0 Å². The number of carbonyl (C=O) groups is 1. The highest BCUT2D eigenvalue weighted by molar-refractivity contribution is 5.86. The average molecular weight is 231 g/mol. The van der Waals surface area contributed by atoms with Gasteiger partial charge in [0.2, 0.25) is 0 Å². The highest BCUT2D eigenvalue weighted by Gasteiger charge is 2.50. The predicted molar refractivity (Wildman–Crippen MR) is 62.7 cm³/mol. The van der Waals surface area contributed by atoms with Crippen LogP contribution in [0.5, 0.6) is 0 Å². The number of carboxylic acids is 1. The molecule has 3 N–H and O–H groups in total. The van der Waals surface area contributed by atoms with Crippen LogP contribution >= 0.6 is 0 Å². The molecule has 1 aromatic heterocycles. The first-order valence-electron chi connectivity index (χ1n) is 5.58. The van der Waals surface area contributed by atoms with Gasteiger partial charge in [-0.05, 0) is 36.6 Å². The van der Waals surface area contributed by atoms with E-state index in [0.717, 1.165) is 16.5 Å². The summed E-state index contributed by atoms with van der Waals surface area (Å²) in [5, 5.41) is 10.3. The van der Waals surface area contributed by atoms with E-state index in [9.17, 15) is 9.90 Å². The van der Waals surface area contributed by atoms with Gasteiger partial charge in [-0.1, -0.05) is 6.07 Å². The van der Waals surface area contributed by atoms with Crippen LogP contribution in [-0.4, -0.2) is 17.1 Å². The number of carboxylic acid groups (broad SMARTS) is 1. The largest absolute Gasteiger partial charge is 0.481 e. The Morgan fingerprint density at radius 3 is 2.82 bits per heavy atom. The van der Waals surface area contributed by atoms with Crippen molar-refractivity contribution in [2.45, 2.75) is 24.3 Å². The summed E-state index contributed by atoms with van der Waals surface area (Å²) in [6.07, 6.45) is 2.62. The Hall–Kier alpha value is -1.81. The van der Waals surface area contributed by atoms with Crippen LogP contribution in [0.4, 0.5) is 0 Å². The molecule has 1 aliphatic carbocycles. The van der Waals surface area contributed by atoms with Crippen LogP contribution < -0.4 is 5.73 Å². The third-order valence-corrected chi connectivity index (χ3v) is 3.64. The lowest BCUT2D eigenvalue weighted by Crippen LogP contribution is -2.54. The second-order valence-electron chi connectivity index (χ2n) is 4.73. The van der Waals surface area contributed by atoms with Gasteiger partial charge >= 0.3 is 5.97 Å². The molecule has 0 saturated heterocycles. The van der Waals surface area contributed by atoms with Crippen molar-refractivity contribution in [1.82, 2.24) is 0 Å². The lowest BCUT2D eigenvalue weighted by Gasteiger charge is -2.43. The second kappa shape index (κ2) is 3.34. The monoisotopic (exact) mass is 231 g/mol. The normalized spacial score (nSPS) is 27.9. The molecule has 88 valence electrons. The second-order valence-corrected chi connectivity index (χ2v) is 4.73. The number of furan rings is 1.